The van der Waals surface area contributed by atoms with Crippen LogP contribution in [0.15, 0.2) is 18.2 Å². The third kappa shape index (κ3) is 4.74. The highest BCUT2D eigenvalue weighted by molar-refractivity contribution is 9.09. The predicted molar refractivity (Wildman–Crippen MR) is 77.5 cm³/mol. The lowest BCUT2D eigenvalue weighted by atomic mass is 10.2. The van der Waals surface area contributed by atoms with Crippen molar-refractivity contribution in [3.63, 3.8) is 0 Å². The molecule has 19 heavy (non-hydrogen) atoms. The number of carbonyl (C=O) groups excluding carboxylic acids is 1. The van der Waals surface area contributed by atoms with Crippen molar-refractivity contribution in [2.45, 2.75) is 19.3 Å². The summed E-state index contributed by atoms with van der Waals surface area (Å²) in [7, 11) is 2.90. The van der Waals surface area contributed by atoms with Gasteiger partial charge in [0.15, 0.2) is 11.5 Å². The van der Waals surface area contributed by atoms with Crippen LogP contribution >= 0.6 is 15.9 Å². The third-order valence-electron chi connectivity index (χ3n) is 2.63. The first-order valence-corrected chi connectivity index (χ1v) is 7.30. The SMILES string of the molecule is COC(=O)c1cccc(OC)c1OCCCCCBr. The molecular formula is C14H19BrO4. The zero-order valence-electron chi connectivity index (χ0n) is 11.3. The normalized spacial score (nSPS) is 10.1. The first-order chi connectivity index (χ1) is 9.24. The van der Waals surface area contributed by atoms with Crippen molar-refractivity contribution in [3.8, 4) is 11.5 Å². The van der Waals surface area contributed by atoms with Crippen LogP contribution < -0.4 is 9.47 Å². The summed E-state index contributed by atoms with van der Waals surface area (Å²) in [4.78, 5) is 11.7. The van der Waals surface area contributed by atoms with Gasteiger partial charge in [-0.15, -0.1) is 0 Å². The Hall–Kier alpha value is -1.23. The molecule has 0 aliphatic heterocycles. The number of methoxy groups -OCH3 is 2. The van der Waals surface area contributed by atoms with Crippen LogP contribution in [0.4, 0.5) is 0 Å². The molecule has 0 heterocycles. The summed E-state index contributed by atoms with van der Waals surface area (Å²) in [5.74, 6) is 0.577. The Balaban J connectivity index is 2.75. The van der Waals surface area contributed by atoms with Crippen LogP contribution in [0.25, 0.3) is 0 Å². The standard InChI is InChI=1S/C14H19BrO4/c1-17-12-8-6-7-11(14(16)18-2)13(12)19-10-5-3-4-9-15/h6-8H,3-5,9-10H2,1-2H3. The Labute approximate surface area is 122 Å². The monoisotopic (exact) mass is 330 g/mol. The highest BCUT2D eigenvalue weighted by Crippen LogP contribution is 2.31. The predicted octanol–water partition coefficient (Wildman–Crippen LogP) is 3.43. The number of hydrogen-bond donors (Lipinski definition) is 0. The first kappa shape index (κ1) is 15.8. The Morgan fingerprint density at radius 1 is 1.21 bits per heavy atom. The molecule has 0 spiro atoms. The minimum Gasteiger partial charge on any atom is -0.493 e. The first-order valence-electron chi connectivity index (χ1n) is 6.18. The lowest BCUT2D eigenvalue weighted by molar-refractivity contribution is 0.0595. The average molecular weight is 331 g/mol. The van der Waals surface area contributed by atoms with Gasteiger partial charge in [0.1, 0.15) is 5.56 Å². The average Bonchev–Trinajstić information content (AvgIpc) is 2.46. The maximum Gasteiger partial charge on any atom is 0.341 e. The number of benzene rings is 1. The molecule has 1 aromatic rings. The number of rotatable bonds is 8. The second kappa shape index (κ2) is 8.80. The Morgan fingerprint density at radius 2 is 2.00 bits per heavy atom. The number of alkyl halides is 1. The van der Waals surface area contributed by atoms with Crippen LogP contribution in [0.5, 0.6) is 11.5 Å². The summed E-state index contributed by atoms with van der Waals surface area (Å²) in [5.41, 5.74) is 0.391. The topological polar surface area (TPSA) is 44.8 Å². The maximum atomic E-state index is 11.7. The van der Waals surface area contributed by atoms with Gasteiger partial charge in [-0.05, 0) is 31.4 Å². The zero-order valence-corrected chi connectivity index (χ0v) is 12.9. The van der Waals surface area contributed by atoms with Gasteiger partial charge in [0.2, 0.25) is 0 Å². The van der Waals surface area contributed by atoms with E-state index in [-0.39, 0.29) is 0 Å². The lowest BCUT2D eigenvalue weighted by Crippen LogP contribution is -2.08. The van der Waals surface area contributed by atoms with Crippen molar-refractivity contribution in [2.24, 2.45) is 0 Å². The third-order valence-corrected chi connectivity index (χ3v) is 3.19. The largest absolute Gasteiger partial charge is 0.493 e. The van der Waals surface area contributed by atoms with Gasteiger partial charge in [-0.1, -0.05) is 22.0 Å². The molecular weight excluding hydrogens is 312 g/mol. The van der Waals surface area contributed by atoms with Crippen LogP contribution in [0.3, 0.4) is 0 Å². The summed E-state index contributed by atoms with van der Waals surface area (Å²) in [6.45, 7) is 0.553. The number of unbranched alkanes of at least 4 members (excludes halogenated alkanes) is 2. The molecule has 4 nitrogen and oxygen atoms in total. The molecule has 0 aliphatic rings. The highest BCUT2D eigenvalue weighted by Gasteiger charge is 2.17. The molecule has 1 aromatic carbocycles. The summed E-state index contributed by atoms with van der Waals surface area (Å²) in [6, 6.07) is 5.17. The van der Waals surface area contributed by atoms with E-state index in [0.717, 1.165) is 24.6 Å². The molecule has 0 aliphatic carbocycles. The zero-order chi connectivity index (χ0) is 14.1. The molecule has 0 saturated carbocycles. The summed E-state index contributed by atoms with van der Waals surface area (Å²) in [6.07, 6.45) is 3.12. The Kier molecular flexibility index (Phi) is 7.33. The molecule has 0 amide bonds. The molecule has 0 atom stereocenters. The molecule has 5 heteroatoms. The minimum absolute atomic E-state index is 0.391. The quantitative estimate of drug-likeness (QED) is 0.416. The molecule has 0 radical (unpaired) electrons. The second-order valence-corrected chi connectivity index (χ2v) is 4.72. The van der Waals surface area contributed by atoms with E-state index in [4.69, 9.17) is 14.2 Å². The molecule has 0 aromatic heterocycles. The Bertz CT molecular complexity index is 406. The van der Waals surface area contributed by atoms with Gasteiger partial charge in [0.25, 0.3) is 0 Å². The van der Waals surface area contributed by atoms with E-state index in [1.807, 2.05) is 0 Å². The van der Waals surface area contributed by atoms with Crippen LogP contribution in [-0.2, 0) is 4.74 Å². The van der Waals surface area contributed by atoms with Gasteiger partial charge in [0, 0.05) is 5.33 Å². The number of halogens is 1. The molecule has 0 bridgehead atoms. The van der Waals surface area contributed by atoms with Gasteiger partial charge in [-0.2, -0.15) is 0 Å². The number of hydrogen-bond acceptors (Lipinski definition) is 4. The summed E-state index contributed by atoms with van der Waals surface area (Å²) < 4.78 is 15.6. The van der Waals surface area contributed by atoms with Crippen LogP contribution in [0, 0.1) is 0 Å². The highest BCUT2D eigenvalue weighted by atomic mass is 79.9. The number of ether oxygens (including phenoxy) is 3. The van der Waals surface area contributed by atoms with Gasteiger partial charge in [-0.25, -0.2) is 4.79 Å². The fourth-order valence-corrected chi connectivity index (χ4v) is 2.04. The van der Waals surface area contributed by atoms with E-state index >= 15 is 0 Å². The van der Waals surface area contributed by atoms with Crippen molar-refractivity contribution in [1.29, 1.82) is 0 Å². The fraction of sp³-hybridized carbons (Fsp3) is 0.500. The molecule has 0 unspecified atom stereocenters. The van der Waals surface area contributed by atoms with E-state index in [1.54, 1.807) is 25.3 Å². The fourth-order valence-electron chi connectivity index (χ4n) is 1.64. The van der Waals surface area contributed by atoms with Crippen molar-refractivity contribution in [3.05, 3.63) is 23.8 Å². The lowest BCUT2D eigenvalue weighted by Gasteiger charge is -2.13. The molecule has 0 N–H and O–H groups in total. The van der Waals surface area contributed by atoms with Crippen LogP contribution in [0.2, 0.25) is 0 Å². The number of carbonyl (C=O) groups is 1. The van der Waals surface area contributed by atoms with Crippen LogP contribution in [0.1, 0.15) is 29.6 Å². The molecule has 0 fully saturated rings. The summed E-state index contributed by atoms with van der Waals surface area (Å²) >= 11 is 3.39. The van der Waals surface area contributed by atoms with E-state index in [0.29, 0.717) is 23.7 Å². The van der Waals surface area contributed by atoms with Crippen molar-refractivity contribution >= 4 is 21.9 Å². The molecule has 0 saturated heterocycles. The van der Waals surface area contributed by atoms with E-state index in [9.17, 15) is 4.79 Å². The van der Waals surface area contributed by atoms with Gasteiger partial charge < -0.3 is 14.2 Å². The van der Waals surface area contributed by atoms with Crippen molar-refractivity contribution in [2.75, 3.05) is 26.2 Å². The van der Waals surface area contributed by atoms with E-state index in [2.05, 4.69) is 15.9 Å². The van der Waals surface area contributed by atoms with E-state index < -0.39 is 5.97 Å². The van der Waals surface area contributed by atoms with Gasteiger partial charge >= 0.3 is 5.97 Å². The van der Waals surface area contributed by atoms with E-state index in [1.165, 1.54) is 7.11 Å². The van der Waals surface area contributed by atoms with Crippen LogP contribution in [-0.4, -0.2) is 32.1 Å². The van der Waals surface area contributed by atoms with Crippen molar-refractivity contribution < 1.29 is 19.0 Å². The maximum absolute atomic E-state index is 11.7. The Morgan fingerprint density at radius 3 is 2.63 bits per heavy atom. The number of esters is 1. The number of para-hydroxylation sites is 1. The van der Waals surface area contributed by atoms with Crippen molar-refractivity contribution in [1.82, 2.24) is 0 Å². The molecule has 106 valence electrons. The van der Waals surface area contributed by atoms with Gasteiger partial charge in [-0.3, -0.25) is 0 Å². The second-order valence-electron chi connectivity index (χ2n) is 3.93. The minimum atomic E-state index is -0.422. The smallest absolute Gasteiger partial charge is 0.341 e. The molecule has 1 rings (SSSR count). The summed E-state index contributed by atoms with van der Waals surface area (Å²) in [5, 5.41) is 0.995. The van der Waals surface area contributed by atoms with Gasteiger partial charge in [0.05, 0.1) is 20.8 Å².